The molecular weight excluding hydrogens is 278 g/mol. The van der Waals surface area contributed by atoms with Crippen LogP contribution in [0.5, 0.6) is 0 Å². The van der Waals surface area contributed by atoms with E-state index >= 15 is 0 Å². The fraction of sp³-hybridized carbons (Fsp3) is 0.556. The first-order chi connectivity index (χ1) is 9.32. The predicted molar refractivity (Wildman–Crippen MR) is 97.3 cm³/mol. The number of hydrogen-bond acceptors (Lipinski definition) is 0. The van der Waals surface area contributed by atoms with Crippen LogP contribution in [-0.2, 0) is 0 Å². The van der Waals surface area contributed by atoms with E-state index in [9.17, 15) is 0 Å². The monoisotopic (exact) mass is 306 g/mol. The Morgan fingerprint density at radius 2 is 1.05 bits per heavy atom. The van der Waals surface area contributed by atoms with Crippen molar-refractivity contribution in [1.29, 1.82) is 0 Å². The molecule has 0 bridgehead atoms. The lowest BCUT2D eigenvalue weighted by Gasteiger charge is -2.55. The smallest absolute Gasteiger partial charge is 0.104 e. The summed E-state index contributed by atoms with van der Waals surface area (Å²) in [4.78, 5) is 0. The predicted octanol–water partition coefficient (Wildman–Crippen LogP) is 4.92. The molecule has 0 aliphatic carbocycles. The van der Waals surface area contributed by atoms with Crippen molar-refractivity contribution < 1.29 is 0 Å². The number of hydrogen-bond donors (Lipinski definition) is 0. The number of rotatable bonds is 2. The van der Waals surface area contributed by atoms with Gasteiger partial charge in [0.2, 0.25) is 0 Å². The Morgan fingerprint density at radius 3 is 1.30 bits per heavy atom. The first-order valence-corrected chi connectivity index (χ1v) is 12.1. The van der Waals surface area contributed by atoms with E-state index in [4.69, 9.17) is 13.3 Å². The quantitative estimate of drug-likeness (QED) is 0.537. The van der Waals surface area contributed by atoms with E-state index in [-0.39, 0.29) is 0 Å². The van der Waals surface area contributed by atoms with Crippen LogP contribution in [-0.4, -0.2) is 22.6 Å². The molecule has 0 saturated carbocycles. The van der Waals surface area contributed by atoms with Gasteiger partial charge in [-0.25, -0.2) is 0 Å². The highest BCUT2D eigenvalue weighted by molar-refractivity contribution is 7.92. The van der Waals surface area contributed by atoms with E-state index in [1.54, 1.807) is 10.6 Å². The van der Waals surface area contributed by atoms with Gasteiger partial charge in [-0.2, -0.15) is 13.3 Å². The summed E-state index contributed by atoms with van der Waals surface area (Å²) in [5, 5.41) is 3.26. The molecule has 6 atom stereocenters. The van der Waals surface area contributed by atoms with E-state index in [2.05, 4.69) is 52.0 Å². The van der Waals surface area contributed by atoms with Gasteiger partial charge in [0.25, 0.3) is 0 Å². The lowest BCUT2D eigenvalue weighted by atomic mass is 10.2. The standard InChI is InChI=1S/C18H28P2/c1-13-11-14(2)19(13,5)17-9-7-8-10-18(17)20(6)15(3)12-16(20)4/h7-10,13-16H,5-6,11-12H2,1-4H3/t13-,14+,15-,16+,19?,20?. The van der Waals surface area contributed by atoms with Crippen molar-refractivity contribution in [3.8, 4) is 0 Å². The van der Waals surface area contributed by atoms with Crippen molar-refractivity contribution >= 4 is 25.1 Å². The zero-order valence-electron chi connectivity index (χ0n) is 13.3. The van der Waals surface area contributed by atoms with Gasteiger partial charge in [0, 0.05) is 35.5 Å². The van der Waals surface area contributed by atoms with Crippen molar-refractivity contribution in [3.05, 3.63) is 37.6 Å². The molecule has 0 radical (unpaired) electrons. The first kappa shape index (κ1) is 15.0. The van der Waals surface area contributed by atoms with Crippen LogP contribution in [0.15, 0.2) is 24.3 Å². The van der Waals surface area contributed by atoms with Gasteiger partial charge in [0.15, 0.2) is 0 Å². The second kappa shape index (κ2) is 4.79. The summed E-state index contributed by atoms with van der Waals surface area (Å²) in [7, 11) is -2.41. The Kier molecular flexibility index (Phi) is 3.59. The molecule has 20 heavy (non-hydrogen) atoms. The van der Waals surface area contributed by atoms with Gasteiger partial charge in [0.05, 0.1) is 0 Å². The van der Waals surface area contributed by atoms with Crippen molar-refractivity contribution in [2.24, 2.45) is 0 Å². The summed E-state index contributed by atoms with van der Waals surface area (Å²) in [6.07, 6.45) is 2.72. The molecule has 2 aliphatic heterocycles. The van der Waals surface area contributed by atoms with Crippen LogP contribution in [0.1, 0.15) is 40.5 Å². The summed E-state index contributed by atoms with van der Waals surface area (Å²) >= 11 is 0. The maximum Gasteiger partial charge on any atom is 0.104 e. The Hall–Kier alpha value is 0.0800. The van der Waals surface area contributed by atoms with Crippen LogP contribution in [0, 0.1) is 13.3 Å². The normalized spacial score (nSPS) is 47.5. The molecule has 2 heterocycles. The van der Waals surface area contributed by atoms with E-state index in [0.29, 0.717) is 0 Å². The average Bonchev–Trinajstić information content (AvgIpc) is 2.46. The molecule has 110 valence electrons. The second-order valence-corrected chi connectivity index (χ2v) is 15.4. The molecule has 0 spiro atoms. The van der Waals surface area contributed by atoms with Crippen LogP contribution in [0.3, 0.4) is 0 Å². The number of benzene rings is 1. The molecule has 2 saturated heterocycles. The van der Waals surface area contributed by atoms with Crippen molar-refractivity contribution in [2.75, 3.05) is 0 Å². The van der Waals surface area contributed by atoms with Gasteiger partial charge in [-0.15, -0.1) is 0 Å². The Labute approximate surface area is 126 Å². The summed E-state index contributed by atoms with van der Waals surface area (Å²) in [5.41, 5.74) is 3.21. The Balaban J connectivity index is 2.11. The molecule has 1 aromatic carbocycles. The largest absolute Gasteiger partial charge is 0.174 e. The van der Waals surface area contributed by atoms with E-state index in [1.807, 2.05) is 0 Å². The van der Waals surface area contributed by atoms with Gasteiger partial charge >= 0.3 is 0 Å². The third-order valence-electron chi connectivity index (χ3n) is 6.29. The summed E-state index contributed by atoms with van der Waals surface area (Å²) < 4.78 is 0. The molecule has 2 aliphatic rings. The lowest BCUT2D eigenvalue weighted by molar-refractivity contribution is 0.699. The lowest BCUT2D eigenvalue weighted by Crippen LogP contribution is -2.48. The third-order valence-corrected chi connectivity index (χ3v) is 16.2. The van der Waals surface area contributed by atoms with Gasteiger partial charge < -0.3 is 0 Å². The molecule has 2 fully saturated rings. The van der Waals surface area contributed by atoms with Crippen molar-refractivity contribution in [1.82, 2.24) is 0 Å². The molecule has 0 amide bonds. The second-order valence-electron chi connectivity index (χ2n) is 7.22. The average molecular weight is 306 g/mol. The highest BCUT2D eigenvalue weighted by Gasteiger charge is 2.56. The maximum atomic E-state index is 4.79. The summed E-state index contributed by atoms with van der Waals surface area (Å²) in [5.74, 6) is 0. The molecule has 0 nitrogen and oxygen atoms in total. The highest BCUT2D eigenvalue weighted by Crippen LogP contribution is 2.78. The van der Waals surface area contributed by atoms with Crippen LogP contribution >= 0.6 is 14.5 Å². The molecule has 2 heteroatoms. The van der Waals surface area contributed by atoms with Crippen LogP contribution in [0.4, 0.5) is 0 Å². The van der Waals surface area contributed by atoms with Gasteiger partial charge in [0.1, 0.15) is 10.6 Å². The molecule has 1 aromatic rings. The van der Waals surface area contributed by atoms with Gasteiger partial charge in [-0.05, 0) is 39.8 Å². The SMILES string of the molecule is [CH2-][P+]1(c2ccccc2[P+]2([CH2-])[C@H](C)C[C@@H]2C)[C@H](C)C[C@@H]1C. The van der Waals surface area contributed by atoms with Crippen LogP contribution in [0.25, 0.3) is 0 Å². The molecule has 0 N–H and O–H groups in total. The zero-order chi connectivity index (χ0) is 14.7. The van der Waals surface area contributed by atoms with E-state index < -0.39 is 14.5 Å². The van der Waals surface area contributed by atoms with Gasteiger partial charge in [-0.3, -0.25) is 0 Å². The minimum absolute atomic E-state index is 0.803. The Bertz CT molecular complexity index is 459. The van der Waals surface area contributed by atoms with Crippen LogP contribution in [0.2, 0.25) is 0 Å². The maximum absolute atomic E-state index is 4.79. The third kappa shape index (κ3) is 1.74. The van der Waals surface area contributed by atoms with Gasteiger partial charge in [-0.1, -0.05) is 26.7 Å². The topological polar surface area (TPSA) is 0 Å². The molecule has 2 unspecified atom stereocenters. The summed E-state index contributed by atoms with van der Waals surface area (Å²) in [6, 6.07) is 9.25. The molecular formula is C18H28P2. The fourth-order valence-electron chi connectivity index (χ4n) is 4.45. The molecule has 3 rings (SSSR count). The fourth-order valence-corrected chi connectivity index (χ4v) is 12.9. The zero-order valence-corrected chi connectivity index (χ0v) is 15.1. The minimum Gasteiger partial charge on any atom is -0.174 e. The Morgan fingerprint density at radius 1 is 0.750 bits per heavy atom. The van der Waals surface area contributed by atoms with Crippen LogP contribution < -0.4 is 10.6 Å². The van der Waals surface area contributed by atoms with Crippen molar-refractivity contribution in [3.63, 3.8) is 0 Å². The minimum atomic E-state index is -1.21. The highest BCUT2D eigenvalue weighted by atomic mass is 31.2. The molecule has 0 aromatic heterocycles. The summed E-state index contributed by atoms with van der Waals surface area (Å²) in [6.45, 7) is 19.2. The van der Waals surface area contributed by atoms with E-state index in [0.717, 1.165) is 22.6 Å². The first-order valence-electron chi connectivity index (χ1n) is 7.88. The van der Waals surface area contributed by atoms with E-state index in [1.165, 1.54) is 12.8 Å². The van der Waals surface area contributed by atoms with Crippen molar-refractivity contribution in [2.45, 2.75) is 63.2 Å².